The monoisotopic (exact) mass is 314 g/mol. The second kappa shape index (κ2) is 6.13. The lowest BCUT2D eigenvalue weighted by Crippen LogP contribution is -2.58. The molecule has 2 rings (SSSR count). The highest BCUT2D eigenvalue weighted by Crippen LogP contribution is 2.50. The molecule has 1 aromatic rings. The molecule has 2 N–H and O–H groups in total. The second-order valence-corrected chi connectivity index (χ2v) is 8.59. The van der Waals surface area contributed by atoms with Gasteiger partial charge in [0.25, 0.3) is 0 Å². The number of nitrogens with zero attached hydrogens (tertiary/aromatic N) is 2. The van der Waals surface area contributed by atoms with Crippen molar-refractivity contribution in [3.63, 3.8) is 0 Å². The predicted molar refractivity (Wildman–Crippen MR) is 95.2 cm³/mol. The summed E-state index contributed by atoms with van der Waals surface area (Å²) in [6.45, 7) is 14.7. The third-order valence-electron chi connectivity index (χ3n) is 5.51. The van der Waals surface area contributed by atoms with Crippen molar-refractivity contribution in [3.8, 4) is 6.07 Å². The fourth-order valence-electron chi connectivity index (χ4n) is 3.80. The maximum Gasteiger partial charge on any atom is 0.125 e. The van der Waals surface area contributed by atoms with Crippen molar-refractivity contribution < 1.29 is 0 Å². The first kappa shape index (κ1) is 17.7. The number of hydrogen-bond donors (Lipinski definition) is 2. The molecule has 1 aromatic heterocycles. The maximum absolute atomic E-state index is 8.83. The zero-order valence-electron chi connectivity index (χ0n) is 15.3. The van der Waals surface area contributed by atoms with Gasteiger partial charge in [-0.15, -0.1) is 0 Å². The highest BCUT2D eigenvalue weighted by atomic mass is 15.1. The van der Waals surface area contributed by atoms with Crippen LogP contribution in [0.3, 0.4) is 0 Å². The first-order valence-corrected chi connectivity index (χ1v) is 8.47. The lowest BCUT2D eigenvalue weighted by molar-refractivity contribution is 0.105. The normalized spacial score (nSPS) is 26.7. The molecule has 0 aliphatic heterocycles. The molecule has 0 spiro atoms. The van der Waals surface area contributed by atoms with Crippen LogP contribution in [0.1, 0.15) is 59.9 Å². The Bertz CT molecular complexity index is 577. The van der Waals surface area contributed by atoms with Gasteiger partial charge in [-0.1, -0.05) is 13.8 Å². The maximum atomic E-state index is 8.83. The van der Waals surface area contributed by atoms with Gasteiger partial charge in [0.1, 0.15) is 11.9 Å². The summed E-state index contributed by atoms with van der Waals surface area (Å²) in [5.41, 5.74) is 1.04. The van der Waals surface area contributed by atoms with E-state index in [9.17, 15) is 0 Å². The lowest BCUT2D eigenvalue weighted by Gasteiger charge is -2.46. The molecule has 0 amide bonds. The quantitative estimate of drug-likeness (QED) is 0.883. The first-order chi connectivity index (χ1) is 10.6. The summed E-state index contributed by atoms with van der Waals surface area (Å²) in [5.74, 6) is 1.43. The molecule has 1 fully saturated rings. The summed E-state index contributed by atoms with van der Waals surface area (Å²) in [5, 5.41) is 16.1. The molecule has 2 atom stereocenters. The van der Waals surface area contributed by atoms with E-state index in [4.69, 9.17) is 5.26 Å². The van der Waals surface area contributed by atoms with E-state index in [-0.39, 0.29) is 16.5 Å². The van der Waals surface area contributed by atoms with E-state index in [1.807, 2.05) is 6.07 Å². The Morgan fingerprint density at radius 3 is 2.52 bits per heavy atom. The lowest BCUT2D eigenvalue weighted by atomic mass is 9.70. The average Bonchev–Trinajstić information content (AvgIpc) is 2.66. The predicted octanol–water partition coefficient (Wildman–Crippen LogP) is 3.95. The molecule has 1 aliphatic carbocycles. The van der Waals surface area contributed by atoms with Gasteiger partial charge in [0.05, 0.1) is 5.56 Å². The van der Waals surface area contributed by atoms with Crippen LogP contribution in [0.25, 0.3) is 0 Å². The minimum Gasteiger partial charge on any atom is -0.370 e. The molecule has 4 heteroatoms. The van der Waals surface area contributed by atoms with Crippen LogP contribution in [-0.4, -0.2) is 22.6 Å². The van der Waals surface area contributed by atoms with E-state index in [0.29, 0.717) is 11.5 Å². The fraction of sp³-hybridized carbons (Fsp3) is 0.684. The molecular formula is C19H30N4. The van der Waals surface area contributed by atoms with Crippen LogP contribution in [-0.2, 0) is 0 Å². The van der Waals surface area contributed by atoms with Gasteiger partial charge in [0.2, 0.25) is 0 Å². The van der Waals surface area contributed by atoms with E-state index < -0.39 is 0 Å². The third kappa shape index (κ3) is 3.84. The van der Waals surface area contributed by atoms with Crippen molar-refractivity contribution in [2.45, 2.75) is 65.5 Å². The molecule has 0 aromatic carbocycles. The number of nitrogens with one attached hydrogen (secondary N) is 2. The number of hydrogen-bond acceptors (Lipinski definition) is 4. The molecule has 1 aliphatic rings. The van der Waals surface area contributed by atoms with Crippen LogP contribution < -0.4 is 10.6 Å². The number of rotatable bonds is 4. The number of aromatic nitrogens is 1. The summed E-state index contributed by atoms with van der Waals surface area (Å²) in [6.07, 6.45) is 4.01. The highest BCUT2D eigenvalue weighted by Gasteiger charge is 2.52. The van der Waals surface area contributed by atoms with Gasteiger partial charge in [-0.05, 0) is 64.0 Å². The summed E-state index contributed by atoms with van der Waals surface area (Å²) in [4.78, 5) is 4.30. The molecule has 0 unspecified atom stereocenters. The van der Waals surface area contributed by atoms with E-state index >= 15 is 0 Å². The number of pyridine rings is 1. The van der Waals surface area contributed by atoms with Gasteiger partial charge in [-0.3, -0.25) is 0 Å². The number of nitriles is 1. The Morgan fingerprint density at radius 2 is 2.00 bits per heavy atom. The van der Waals surface area contributed by atoms with Crippen molar-refractivity contribution in [1.82, 2.24) is 10.3 Å². The van der Waals surface area contributed by atoms with Crippen LogP contribution in [0, 0.1) is 22.7 Å². The Labute approximate surface area is 140 Å². The second-order valence-electron chi connectivity index (χ2n) is 8.59. The highest BCUT2D eigenvalue weighted by molar-refractivity contribution is 5.39. The smallest absolute Gasteiger partial charge is 0.125 e. The van der Waals surface area contributed by atoms with Crippen molar-refractivity contribution >= 4 is 5.82 Å². The van der Waals surface area contributed by atoms with Crippen LogP contribution in [0.2, 0.25) is 0 Å². The largest absolute Gasteiger partial charge is 0.370 e. The summed E-state index contributed by atoms with van der Waals surface area (Å²) >= 11 is 0. The first-order valence-electron chi connectivity index (χ1n) is 8.47. The van der Waals surface area contributed by atoms with E-state index in [1.54, 1.807) is 12.3 Å². The molecule has 126 valence electrons. The van der Waals surface area contributed by atoms with Crippen LogP contribution >= 0.6 is 0 Å². The van der Waals surface area contributed by atoms with Crippen LogP contribution in [0.15, 0.2) is 18.3 Å². The molecule has 1 saturated carbocycles. The van der Waals surface area contributed by atoms with Crippen molar-refractivity contribution in [1.29, 1.82) is 5.26 Å². The van der Waals surface area contributed by atoms with Gasteiger partial charge in [-0.2, -0.15) is 5.26 Å². The zero-order valence-corrected chi connectivity index (χ0v) is 15.3. The molecule has 0 bridgehead atoms. The summed E-state index contributed by atoms with van der Waals surface area (Å²) in [6, 6.07) is 5.79. The Hall–Kier alpha value is -1.60. The molecular weight excluding hydrogens is 284 g/mol. The Balaban J connectivity index is 2.02. The minimum absolute atomic E-state index is 0.114. The average molecular weight is 314 g/mol. The summed E-state index contributed by atoms with van der Waals surface area (Å²) < 4.78 is 0. The van der Waals surface area contributed by atoms with Crippen LogP contribution in [0.4, 0.5) is 5.82 Å². The summed E-state index contributed by atoms with van der Waals surface area (Å²) in [7, 11) is 0. The van der Waals surface area contributed by atoms with Crippen molar-refractivity contribution in [2.75, 3.05) is 11.9 Å². The molecule has 23 heavy (non-hydrogen) atoms. The standard InChI is InChI=1S/C19H30N4/c1-17(2,3)23-19(6)10-9-15(18(19,4)5)13-22-16-8-7-14(11-20)12-21-16/h7-8,12,15,23H,9-10,13H2,1-6H3,(H,21,22)/t15-,19-/m1/s1. The topological polar surface area (TPSA) is 60.7 Å². The minimum atomic E-state index is 0.114. The molecule has 0 saturated heterocycles. The Morgan fingerprint density at radius 1 is 1.30 bits per heavy atom. The van der Waals surface area contributed by atoms with Crippen molar-refractivity contribution in [3.05, 3.63) is 23.9 Å². The van der Waals surface area contributed by atoms with Gasteiger partial charge in [0.15, 0.2) is 0 Å². The third-order valence-corrected chi connectivity index (χ3v) is 5.51. The molecule has 0 radical (unpaired) electrons. The van der Waals surface area contributed by atoms with E-state index in [1.165, 1.54) is 12.8 Å². The van der Waals surface area contributed by atoms with Crippen molar-refractivity contribution in [2.24, 2.45) is 11.3 Å². The van der Waals surface area contributed by atoms with E-state index in [2.05, 4.69) is 63.2 Å². The number of anilines is 1. The Kier molecular flexibility index (Phi) is 4.73. The molecule has 4 nitrogen and oxygen atoms in total. The zero-order chi connectivity index (χ0) is 17.3. The van der Waals surface area contributed by atoms with Gasteiger partial charge in [0, 0.05) is 23.8 Å². The van der Waals surface area contributed by atoms with Gasteiger partial charge < -0.3 is 10.6 Å². The van der Waals surface area contributed by atoms with Crippen LogP contribution in [0.5, 0.6) is 0 Å². The SMILES string of the molecule is CC(C)(C)N[C@]1(C)CC[C@H](CNc2ccc(C#N)cn2)C1(C)C. The van der Waals surface area contributed by atoms with Gasteiger partial charge in [-0.25, -0.2) is 4.98 Å². The van der Waals surface area contributed by atoms with Gasteiger partial charge >= 0.3 is 0 Å². The van der Waals surface area contributed by atoms with E-state index in [0.717, 1.165) is 12.4 Å². The molecule has 1 heterocycles. The fourth-order valence-corrected chi connectivity index (χ4v) is 3.80.